The molecule has 1 saturated heterocycles. The van der Waals surface area contributed by atoms with E-state index in [2.05, 4.69) is 20.8 Å². The molecule has 0 spiro atoms. The Bertz CT molecular complexity index is 1090. The Morgan fingerprint density at radius 2 is 1.70 bits per heavy atom. The van der Waals surface area contributed by atoms with Gasteiger partial charge in [-0.2, -0.15) is 0 Å². The molecular weight excluding hydrogens is 414 g/mol. The van der Waals surface area contributed by atoms with E-state index in [1.165, 1.54) is 5.56 Å². The highest BCUT2D eigenvalue weighted by Gasteiger charge is 2.45. The van der Waals surface area contributed by atoms with E-state index in [1.807, 2.05) is 57.2 Å². The van der Waals surface area contributed by atoms with Crippen LogP contribution >= 0.6 is 0 Å². The number of aryl methyl sites for hydroxylation is 2. The van der Waals surface area contributed by atoms with E-state index in [0.29, 0.717) is 17.9 Å². The van der Waals surface area contributed by atoms with Crippen LogP contribution < -0.4 is 4.74 Å². The molecule has 1 aliphatic heterocycles. The summed E-state index contributed by atoms with van der Waals surface area (Å²) in [5, 5.41) is 11.4. The zero-order chi connectivity index (χ0) is 24.5. The Morgan fingerprint density at radius 1 is 1.06 bits per heavy atom. The van der Waals surface area contributed by atoms with E-state index in [4.69, 9.17) is 4.74 Å². The van der Waals surface area contributed by atoms with Gasteiger partial charge in [-0.05, 0) is 60.1 Å². The molecule has 1 heterocycles. The van der Waals surface area contributed by atoms with Crippen molar-refractivity contribution in [3.05, 3.63) is 69.8 Å². The molecule has 0 aromatic heterocycles. The summed E-state index contributed by atoms with van der Waals surface area (Å²) in [4.78, 5) is 27.8. The van der Waals surface area contributed by atoms with E-state index in [-0.39, 0.29) is 16.7 Å². The zero-order valence-electron chi connectivity index (χ0n) is 20.8. The smallest absolute Gasteiger partial charge is 0.295 e. The number of carbonyl (C=O) groups excluding carboxylic acids is 2. The summed E-state index contributed by atoms with van der Waals surface area (Å²) in [6.45, 7) is 12.7. The number of likely N-dealkylation sites (tertiary alicyclic amines) is 1. The van der Waals surface area contributed by atoms with Gasteiger partial charge in [-0.15, -0.1) is 0 Å². The summed E-state index contributed by atoms with van der Waals surface area (Å²) in [5.41, 5.74) is 4.28. The van der Waals surface area contributed by atoms with Crippen LogP contribution in [0.15, 0.2) is 42.0 Å². The van der Waals surface area contributed by atoms with Crippen molar-refractivity contribution < 1.29 is 19.4 Å². The fraction of sp³-hybridized carbons (Fsp3) is 0.429. The van der Waals surface area contributed by atoms with Gasteiger partial charge in [0.2, 0.25) is 0 Å². The summed E-state index contributed by atoms with van der Waals surface area (Å²) in [5.74, 6) is -0.624. The fourth-order valence-electron chi connectivity index (χ4n) is 4.36. The molecule has 0 radical (unpaired) electrons. The first-order valence-electron chi connectivity index (χ1n) is 11.6. The lowest BCUT2D eigenvalue weighted by Crippen LogP contribution is -2.30. The van der Waals surface area contributed by atoms with Gasteiger partial charge in [-0.25, -0.2) is 0 Å². The number of hydrogen-bond donors (Lipinski definition) is 1. The lowest BCUT2D eigenvalue weighted by molar-refractivity contribution is -0.139. The topological polar surface area (TPSA) is 66.8 Å². The molecule has 1 unspecified atom stereocenters. The van der Waals surface area contributed by atoms with Gasteiger partial charge in [0, 0.05) is 12.1 Å². The van der Waals surface area contributed by atoms with Crippen LogP contribution in [0.2, 0.25) is 0 Å². The number of aliphatic hydroxyl groups excluding tert-OH is 1. The number of aliphatic hydroxyl groups is 1. The third-order valence-corrected chi connectivity index (χ3v) is 6.38. The number of Topliss-reactive ketones (excluding diaryl/α,β-unsaturated/α-hetero) is 1. The van der Waals surface area contributed by atoms with Crippen LogP contribution in [0.5, 0.6) is 5.75 Å². The maximum Gasteiger partial charge on any atom is 0.295 e. The van der Waals surface area contributed by atoms with Gasteiger partial charge in [0.1, 0.15) is 11.5 Å². The largest absolute Gasteiger partial charge is 0.507 e. The number of benzene rings is 2. The number of ether oxygens (including phenoxy) is 1. The molecular formula is C28H35NO4. The average Bonchev–Trinajstić information content (AvgIpc) is 3.02. The predicted molar refractivity (Wildman–Crippen MR) is 132 cm³/mol. The lowest BCUT2D eigenvalue weighted by Gasteiger charge is -2.26. The molecule has 1 amide bonds. The molecule has 33 heavy (non-hydrogen) atoms. The summed E-state index contributed by atoms with van der Waals surface area (Å²) in [6.07, 6.45) is 1.68. The standard InChI is InChI=1S/C28H35NO4/c1-8-9-14-29-24(19-10-12-20(13-11-19)28(4,5)6)23(26(31)27(29)32)25(30)21-15-18(3)22(33-7)16-17(21)2/h10-13,15-16,24,30H,8-9,14H2,1-7H3/b25-23+. The van der Waals surface area contributed by atoms with Gasteiger partial charge in [0.05, 0.1) is 18.7 Å². The molecule has 5 nitrogen and oxygen atoms in total. The van der Waals surface area contributed by atoms with Crippen LogP contribution in [0, 0.1) is 13.8 Å². The third kappa shape index (κ3) is 4.68. The molecule has 1 fully saturated rings. The van der Waals surface area contributed by atoms with Crippen LogP contribution in [0.4, 0.5) is 0 Å². The number of amides is 1. The second kappa shape index (κ2) is 9.42. The third-order valence-electron chi connectivity index (χ3n) is 6.38. The quantitative estimate of drug-likeness (QED) is 0.342. The van der Waals surface area contributed by atoms with E-state index in [1.54, 1.807) is 12.0 Å². The summed E-state index contributed by atoms with van der Waals surface area (Å²) >= 11 is 0. The molecule has 5 heteroatoms. The average molecular weight is 450 g/mol. The highest BCUT2D eigenvalue weighted by molar-refractivity contribution is 6.46. The van der Waals surface area contributed by atoms with Crippen LogP contribution in [-0.2, 0) is 15.0 Å². The number of unbranched alkanes of at least 4 members (excludes halogenated alkanes) is 1. The van der Waals surface area contributed by atoms with E-state index in [0.717, 1.165) is 29.5 Å². The van der Waals surface area contributed by atoms with Crippen molar-refractivity contribution >= 4 is 17.4 Å². The van der Waals surface area contributed by atoms with Crippen molar-refractivity contribution in [2.75, 3.05) is 13.7 Å². The first-order chi connectivity index (χ1) is 15.5. The van der Waals surface area contributed by atoms with Gasteiger partial charge >= 0.3 is 0 Å². The Labute approximate surface area is 197 Å². The number of rotatable bonds is 6. The molecule has 0 bridgehead atoms. The van der Waals surface area contributed by atoms with Gasteiger partial charge in [0.15, 0.2) is 0 Å². The number of carbonyl (C=O) groups is 2. The number of methoxy groups -OCH3 is 1. The minimum Gasteiger partial charge on any atom is -0.507 e. The summed E-state index contributed by atoms with van der Waals surface area (Å²) in [6, 6.07) is 11.0. The monoisotopic (exact) mass is 449 g/mol. The molecule has 2 aromatic carbocycles. The minimum absolute atomic E-state index is 0.0136. The molecule has 0 saturated carbocycles. The number of ketones is 1. The highest BCUT2D eigenvalue weighted by Crippen LogP contribution is 2.41. The second-order valence-electron chi connectivity index (χ2n) is 9.85. The zero-order valence-corrected chi connectivity index (χ0v) is 20.8. The van der Waals surface area contributed by atoms with Crippen LogP contribution in [0.25, 0.3) is 5.76 Å². The van der Waals surface area contributed by atoms with Crippen molar-refractivity contribution in [3.8, 4) is 5.75 Å². The first-order valence-corrected chi connectivity index (χ1v) is 11.6. The fourth-order valence-corrected chi connectivity index (χ4v) is 4.36. The predicted octanol–water partition coefficient (Wildman–Crippen LogP) is 5.83. The lowest BCUT2D eigenvalue weighted by atomic mass is 9.85. The maximum atomic E-state index is 13.2. The molecule has 2 aromatic rings. The van der Waals surface area contributed by atoms with E-state index >= 15 is 0 Å². The Hall–Kier alpha value is -3.08. The maximum absolute atomic E-state index is 13.2. The van der Waals surface area contributed by atoms with Crippen molar-refractivity contribution in [2.45, 2.75) is 65.8 Å². The number of hydrogen-bond acceptors (Lipinski definition) is 4. The minimum atomic E-state index is -0.638. The molecule has 1 N–H and O–H groups in total. The Balaban J connectivity index is 2.20. The van der Waals surface area contributed by atoms with Crippen molar-refractivity contribution in [2.24, 2.45) is 0 Å². The molecule has 3 rings (SSSR count). The Morgan fingerprint density at radius 3 is 2.24 bits per heavy atom. The molecule has 1 aliphatic rings. The van der Waals surface area contributed by atoms with Gasteiger partial charge < -0.3 is 14.7 Å². The number of nitrogens with zero attached hydrogens (tertiary/aromatic N) is 1. The van der Waals surface area contributed by atoms with Crippen LogP contribution in [0.3, 0.4) is 0 Å². The first kappa shape index (κ1) is 24.6. The molecule has 176 valence electrons. The van der Waals surface area contributed by atoms with Gasteiger partial charge in [-0.1, -0.05) is 58.4 Å². The van der Waals surface area contributed by atoms with Crippen molar-refractivity contribution in [1.29, 1.82) is 0 Å². The molecule has 1 atom stereocenters. The van der Waals surface area contributed by atoms with Gasteiger partial charge in [-0.3, -0.25) is 9.59 Å². The normalized spacial score (nSPS) is 18.2. The SMILES string of the molecule is CCCCN1C(=O)C(=O)/C(=C(/O)c2cc(C)c(OC)cc2C)C1c1ccc(C(C)(C)C)cc1. The molecule has 0 aliphatic carbocycles. The van der Waals surface area contributed by atoms with Crippen molar-refractivity contribution in [1.82, 2.24) is 4.90 Å². The summed E-state index contributed by atoms with van der Waals surface area (Å²) < 4.78 is 5.39. The van der Waals surface area contributed by atoms with Gasteiger partial charge in [0.25, 0.3) is 11.7 Å². The van der Waals surface area contributed by atoms with Crippen LogP contribution in [-0.4, -0.2) is 35.4 Å². The Kier molecular flexibility index (Phi) is 7.01. The van der Waals surface area contributed by atoms with Crippen LogP contribution in [0.1, 0.15) is 74.4 Å². The van der Waals surface area contributed by atoms with E-state index < -0.39 is 17.7 Å². The summed E-state index contributed by atoms with van der Waals surface area (Å²) in [7, 11) is 1.60. The van der Waals surface area contributed by atoms with Crippen molar-refractivity contribution in [3.63, 3.8) is 0 Å². The van der Waals surface area contributed by atoms with E-state index in [9.17, 15) is 14.7 Å². The second-order valence-corrected chi connectivity index (χ2v) is 9.85. The highest BCUT2D eigenvalue weighted by atomic mass is 16.5.